The molecule has 0 aliphatic carbocycles. The fourth-order valence-corrected chi connectivity index (χ4v) is 1.79. The van der Waals surface area contributed by atoms with Gasteiger partial charge < -0.3 is 5.32 Å². The van der Waals surface area contributed by atoms with Gasteiger partial charge in [0.2, 0.25) is 0 Å². The van der Waals surface area contributed by atoms with Gasteiger partial charge in [-0.25, -0.2) is 0 Å². The molecule has 0 aromatic rings. The number of likely N-dealkylation sites (N-methyl/N-ethyl adjacent to an activating group) is 1. The molecule has 0 radical (unpaired) electrons. The molecule has 0 spiro atoms. The van der Waals surface area contributed by atoms with Crippen LogP contribution < -0.4 is 5.32 Å². The second-order valence-corrected chi connectivity index (χ2v) is 3.91. The van der Waals surface area contributed by atoms with E-state index < -0.39 is 0 Å². The van der Waals surface area contributed by atoms with Gasteiger partial charge in [-0.3, -0.25) is 4.90 Å². The van der Waals surface area contributed by atoms with Crippen molar-refractivity contribution < 1.29 is 0 Å². The Morgan fingerprint density at radius 2 is 2.42 bits per heavy atom. The fraction of sp³-hybridized carbons (Fsp3) is 0.800. The van der Waals surface area contributed by atoms with E-state index in [9.17, 15) is 0 Å². The first-order valence-corrected chi connectivity index (χ1v) is 4.76. The number of hydrogen-bond acceptors (Lipinski definition) is 2. The summed E-state index contributed by atoms with van der Waals surface area (Å²) in [5, 5.41) is 3.13. The van der Waals surface area contributed by atoms with Crippen molar-refractivity contribution in [2.24, 2.45) is 5.92 Å². The SMILES string of the molecule is C=C(CNC)CN1CCC(C)C1. The Labute approximate surface area is 75.6 Å². The molecular weight excluding hydrogens is 148 g/mol. The molecule has 1 saturated heterocycles. The first-order valence-electron chi connectivity index (χ1n) is 4.76. The van der Waals surface area contributed by atoms with Gasteiger partial charge >= 0.3 is 0 Å². The standard InChI is InChI=1S/C10H20N2/c1-9-4-5-12(7-9)8-10(2)6-11-3/h9,11H,2,4-8H2,1,3H3. The first-order chi connectivity index (χ1) is 5.72. The minimum absolute atomic E-state index is 0.882. The lowest BCUT2D eigenvalue weighted by Crippen LogP contribution is -2.26. The van der Waals surface area contributed by atoms with Crippen molar-refractivity contribution in [2.45, 2.75) is 13.3 Å². The van der Waals surface area contributed by atoms with Crippen LogP contribution in [0.25, 0.3) is 0 Å². The highest BCUT2D eigenvalue weighted by molar-refractivity contribution is 5.00. The highest BCUT2D eigenvalue weighted by atomic mass is 15.1. The van der Waals surface area contributed by atoms with Crippen LogP contribution in [0.15, 0.2) is 12.2 Å². The third-order valence-electron chi connectivity index (χ3n) is 2.38. The van der Waals surface area contributed by atoms with Crippen molar-refractivity contribution in [3.8, 4) is 0 Å². The highest BCUT2D eigenvalue weighted by Crippen LogP contribution is 2.15. The van der Waals surface area contributed by atoms with Gasteiger partial charge in [0, 0.05) is 19.6 Å². The van der Waals surface area contributed by atoms with Gasteiger partial charge in [0.1, 0.15) is 0 Å². The summed E-state index contributed by atoms with van der Waals surface area (Å²) in [4.78, 5) is 2.49. The lowest BCUT2D eigenvalue weighted by atomic mass is 10.2. The maximum Gasteiger partial charge on any atom is 0.0202 e. The molecule has 0 aromatic heterocycles. The summed E-state index contributed by atoms with van der Waals surface area (Å²) in [5.74, 6) is 0.882. The van der Waals surface area contributed by atoms with Crippen molar-refractivity contribution >= 4 is 0 Å². The first kappa shape index (κ1) is 9.75. The van der Waals surface area contributed by atoms with Crippen molar-refractivity contribution in [3.63, 3.8) is 0 Å². The van der Waals surface area contributed by atoms with Crippen molar-refractivity contribution in [1.82, 2.24) is 10.2 Å². The molecule has 1 rings (SSSR count). The molecule has 2 nitrogen and oxygen atoms in total. The van der Waals surface area contributed by atoms with Gasteiger partial charge in [0.15, 0.2) is 0 Å². The van der Waals surface area contributed by atoms with Crippen LogP contribution in [0.4, 0.5) is 0 Å². The molecule has 1 aliphatic rings. The van der Waals surface area contributed by atoms with E-state index >= 15 is 0 Å². The van der Waals surface area contributed by atoms with Crippen LogP contribution in [-0.2, 0) is 0 Å². The van der Waals surface area contributed by atoms with E-state index in [0.717, 1.165) is 19.0 Å². The monoisotopic (exact) mass is 168 g/mol. The van der Waals surface area contributed by atoms with Crippen LogP contribution in [-0.4, -0.2) is 38.1 Å². The molecule has 1 aliphatic heterocycles. The van der Waals surface area contributed by atoms with Crippen LogP contribution in [0.5, 0.6) is 0 Å². The predicted octanol–water partition coefficient (Wildman–Crippen LogP) is 1.10. The quantitative estimate of drug-likeness (QED) is 0.632. The van der Waals surface area contributed by atoms with E-state index in [-0.39, 0.29) is 0 Å². The largest absolute Gasteiger partial charge is 0.316 e. The maximum absolute atomic E-state index is 4.03. The normalized spacial score (nSPS) is 24.7. The third-order valence-corrected chi connectivity index (χ3v) is 2.38. The molecule has 1 N–H and O–H groups in total. The summed E-state index contributed by atoms with van der Waals surface area (Å²) >= 11 is 0. The molecule has 1 unspecified atom stereocenters. The molecule has 0 amide bonds. The Bertz CT molecular complexity index is 154. The summed E-state index contributed by atoms with van der Waals surface area (Å²) in [5.41, 5.74) is 1.30. The van der Waals surface area contributed by atoms with E-state index in [2.05, 4.69) is 23.7 Å². The van der Waals surface area contributed by atoms with E-state index in [1.165, 1.54) is 25.1 Å². The maximum atomic E-state index is 4.03. The lowest BCUT2D eigenvalue weighted by Gasteiger charge is -2.16. The molecule has 1 atom stereocenters. The number of nitrogens with one attached hydrogen (secondary N) is 1. The topological polar surface area (TPSA) is 15.3 Å². The zero-order valence-electron chi connectivity index (χ0n) is 8.27. The van der Waals surface area contributed by atoms with Crippen LogP contribution in [0.2, 0.25) is 0 Å². The van der Waals surface area contributed by atoms with Gasteiger partial charge in [-0.1, -0.05) is 13.5 Å². The van der Waals surface area contributed by atoms with E-state index in [0.29, 0.717) is 0 Å². The molecule has 2 heteroatoms. The molecule has 1 fully saturated rings. The number of rotatable bonds is 4. The van der Waals surface area contributed by atoms with Crippen LogP contribution in [0, 0.1) is 5.92 Å². The number of nitrogens with zero attached hydrogens (tertiary/aromatic N) is 1. The molecular formula is C10H20N2. The Kier molecular flexibility index (Phi) is 3.76. The lowest BCUT2D eigenvalue weighted by molar-refractivity contribution is 0.353. The Morgan fingerprint density at radius 3 is 2.92 bits per heavy atom. The van der Waals surface area contributed by atoms with Crippen LogP contribution in [0.3, 0.4) is 0 Å². The number of likely N-dealkylation sites (tertiary alicyclic amines) is 1. The molecule has 0 bridgehead atoms. The van der Waals surface area contributed by atoms with E-state index in [1.54, 1.807) is 0 Å². The average Bonchev–Trinajstić information content (AvgIpc) is 2.36. The second-order valence-electron chi connectivity index (χ2n) is 3.91. The molecule has 12 heavy (non-hydrogen) atoms. The smallest absolute Gasteiger partial charge is 0.0202 e. The number of hydrogen-bond donors (Lipinski definition) is 1. The Morgan fingerprint density at radius 1 is 1.67 bits per heavy atom. The van der Waals surface area contributed by atoms with Crippen LogP contribution >= 0.6 is 0 Å². The van der Waals surface area contributed by atoms with Crippen LogP contribution in [0.1, 0.15) is 13.3 Å². The van der Waals surface area contributed by atoms with Crippen molar-refractivity contribution in [1.29, 1.82) is 0 Å². The minimum atomic E-state index is 0.882. The van der Waals surface area contributed by atoms with Gasteiger partial charge in [-0.15, -0.1) is 0 Å². The van der Waals surface area contributed by atoms with Crippen molar-refractivity contribution in [3.05, 3.63) is 12.2 Å². The van der Waals surface area contributed by atoms with Crippen molar-refractivity contribution in [2.75, 3.05) is 33.2 Å². The molecule has 0 saturated carbocycles. The summed E-state index contributed by atoms with van der Waals surface area (Å²) in [6.07, 6.45) is 1.35. The van der Waals surface area contributed by atoms with Gasteiger partial charge in [0.05, 0.1) is 0 Å². The van der Waals surface area contributed by atoms with Gasteiger partial charge in [-0.2, -0.15) is 0 Å². The third kappa shape index (κ3) is 2.95. The molecule has 70 valence electrons. The summed E-state index contributed by atoms with van der Waals surface area (Å²) in [7, 11) is 1.97. The van der Waals surface area contributed by atoms with E-state index in [1.807, 2.05) is 7.05 Å². The molecule has 0 aromatic carbocycles. The minimum Gasteiger partial charge on any atom is -0.316 e. The predicted molar refractivity (Wildman–Crippen MR) is 53.3 cm³/mol. The zero-order chi connectivity index (χ0) is 8.97. The zero-order valence-corrected chi connectivity index (χ0v) is 8.27. The summed E-state index contributed by atoms with van der Waals surface area (Å²) < 4.78 is 0. The fourth-order valence-electron chi connectivity index (χ4n) is 1.79. The van der Waals surface area contributed by atoms with Gasteiger partial charge in [-0.05, 0) is 31.5 Å². The molecule has 1 heterocycles. The Balaban J connectivity index is 2.18. The Hall–Kier alpha value is -0.340. The summed E-state index contributed by atoms with van der Waals surface area (Å²) in [6.45, 7) is 10.9. The second kappa shape index (κ2) is 4.63. The van der Waals surface area contributed by atoms with Gasteiger partial charge in [0.25, 0.3) is 0 Å². The average molecular weight is 168 g/mol. The highest BCUT2D eigenvalue weighted by Gasteiger charge is 2.18. The van der Waals surface area contributed by atoms with E-state index in [4.69, 9.17) is 0 Å². The summed E-state index contributed by atoms with van der Waals surface area (Å²) in [6, 6.07) is 0.